The van der Waals surface area contributed by atoms with E-state index in [1.807, 2.05) is 36.4 Å². The summed E-state index contributed by atoms with van der Waals surface area (Å²) < 4.78 is 6.91. The minimum Gasteiger partial charge on any atom is -0.312 e. The maximum Gasteiger partial charge on any atom is 0.197 e. The summed E-state index contributed by atoms with van der Waals surface area (Å²) in [6.45, 7) is 15.9. The largest absolute Gasteiger partial charge is 0.312 e. The van der Waals surface area contributed by atoms with Crippen molar-refractivity contribution < 1.29 is 0 Å². The van der Waals surface area contributed by atoms with E-state index < -0.39 is 0 Å². The van der Waals surface area contributed by atoms with Crippen LogP contribution in [0, 0.1) is 13.1 Å². The smallest absolute Gasteiger partial charge is 0.197 e. The molecule has 0 saturated carbocycles. The van der Waals surface area contributed by atoms with Crippen molar-refractivity contribution in [2.45, 2.75) is 0 Å². The highest BCUT2D eigenvalue weighted by atomic mass is 15.0. The molecule has 254 valence electrons. The molecule has 0 N–H and O–H groups in total. The average Bonchev–Trinajstić information content (AvgIpc) is 3.89. The second kappa shape index (κ2) is 11.8. The van der Waals surface area contributed by atoms with Crippen molar-refractivity contribution >= 4 is 76.8 Å². The second-order valence-corrected chi connectivity index (χ2v) is 14.0. The molecule has 0 amide bonds. The molecule has 0 fully saturated rings. The Kier molecular flexibility index (Phi) is 6.61. The number of para-hydroxylation sites is 4. The lowest BCUT2D eigenvalue weighted by atomic mass is 10.0. The zero-order valence-electron chi connectivity index (χ0n) is 29.5. The number of hydrogen-bond acceptors (Lipinski definition) is 0. The predicted octanol–water partition coefficient (Wildman–Crippen LogP) is 13.7. The normalized spacial score (nSPS) is 11.6. The van der Waals surface area contributed by atoms with Gasteiger partial charge in [-0.05, 0) is 89.3 Å². The summed E-state index contributed by atoms with van der Waals surface area (Å²) in [7, 11) is 0. The fourth-order valence-corrected chi connectivity index (χ4v) is 8.71. The molecule has 0 bridgehead atoms. The van der Waals surface area contributed by atoms with Gasteiger partial charge in [0, 0.05) is 49.5 Å². The molecule has 8 aromatic carbocycles. The molecule has 0 aliphatic rings. The summed E-state index contributed by atoms with van der Waals surface area (Å²) in [4.78, 5) is 7.75. The summed E-state index contributed by atoms with van der Waals surface area (Å²) in [6, 6.07) is 61.5. The van der Waals surface area contributed by atoms with Crippen LogP contribution in [0.3, 0.4) is 0 Å². The van der Waals surface area contributed by atoms with Crippen molar-refractivity contribution in [2.75, 3.05) is 0 Å². The van der Waals surface area contributed by atoms with Crippen LogP contribution in [0.5, 0.6) is 0 Å². The van der Waals surface area contributed by atoms with Crippen LogP contribution in [0.1, 0.15) is 0 Å². The summed E-state index contributed by atoms with van der Waals surface area (Å²) in [5.41, 5.74) is 12.8. The molecule has 0 unspecified atom stereocenters. The van der Waals surface area contributed by atoms with Crippen LogP contribution in [-0.2, 0) is 0 Å². The Balaban J connectivity index is 1.07. The minimum atomic E-state index is 0.559. The van der Waals surface area contributed by atoms with Crippen LogP contribution < -0.4 is 0 Å². The minimum absolute atomic E-state index is 0.559. The molecular formula is C50H29N5. The van der Waals surface area contributed by atoms with Gasteiger partial charge in [-0.1, -0.05) is 103 Å². The van der Waals surface area contributed by atoms with E-state index in [2.05, 4.69) is 163 Å². The van der Waals surface area contributed by atoms with Gasteiger partial charge >= 0.3 is 0 Å². The quantitative estimate of drug-likeness (QED) is 0.163. The van der Waals surface area contributed by atoms with Crippen LogP contribution in [0.15, 0.2) is 176 Å². The van der Waals surface area contributed by atoms with Gasteiger partial charge < -0.3 is 13.7 Å². The molecule has 0 spiro atoms. The van der Waals surface area contributed by atoms with Gasteiger partial charge in [-0.3, -0.25) is 0 Å². The number of hydrogen-bond donors (Lipinski definition) is 0. The van der Waals surface area contributed by atoms with E-state index >= 15 is 0 Å². The highest BCUT2D eigenvalue weighted by Gasteiger charge is 2.18. The summed E-state index contributed by atoms with van der Waals surface area (Å²) in [6.07, 6.45) is 0. The third-order valence-electron chi connectivity index (χ3n) is 11.0. The van der Waals surface area contributed by atoms with Crippen molar-refractivity contribution in [2.24, 2.45) is 0 Å². The first-order valence-corrected chi connectivity index (χ1v) is 18.3. The molecule has 5 heteroatoms. The lowest BCUT2D eigenvalue weighted by Crippen LogP contribution is -1.97. The highest BCUT2D eigenvalue weighted by Crippen LogP contribution is 2.41. The van der Waals surface area contributed by atoms with Crippen molar-refractivity contribution in [1.82, 2.24) is 13.7 Å². The first-order chi connectivity index (χ1) is 27.2. The molecule has 0 radical (unpaired) electrons. The van der Waals surface area contributed by atoms with Crippen molar-refractivity contribution in [3.63, 3.8) is 0 Å². The molecule has 3 heterocycles. The van der Waals surface area contributed by atoms with Gasteiger partial charge in [0.1, 0.15) is 0 Å². The summed E-state index contributed by atoms with van der Waals surface area (Å²) in [5, 5.41) is 6.84. The number of fused-ring (bicyclic) bond motifs is 9. The van der Waals surface area contributed by atoms with E-state index in [1.165, 1.54) is 32.6 Å². The topological polar surface area (TPSA) is 23.5 Å². The Morgan fingerprint density at radius 1 is 0.327 bits per heavy atom. The second-order valence-electron chi connectivity index (χ2n) is 14.0. The van der Waals surface area contributed by atoms with E-state index in [4.69, 9.17) is 13.1 Å². The molecule has 0 aliphatic carbocycles. The van der Waals surface area contributed by atoms with E-state index in [1.54, 1.807) is 0 Å². The third kappa shape index (κ3) is 4.51. The van der Waals surface area contributed by atoms with E-state index in [0.717, 1.165) is 61.0 Å². The van der Waals surface area contributed by atoms with Gasteiger partial charge in [0.15, 0.2) is 11.4 Å². The Hall–Kier alpha value is -7.86. The van der Waals surface area contributed by atoms with Crippen LogP contribution in [-0.4, -0.2) is 13.7 Å². The van der Waals surface area contributed by atoms with Gasteiger partial charge in [-0.25, -0.2) is 9.69 Å². The molecule has 11 aromatic rings. The Bertz CT molecular complexity index is 3400. The zero-order chi connectivity index (χ0) is 36.6. The van der Waals surface area contributed by atoms with E-state index in [-0.39, 0.29) is 0 Å². The molecule has 0 saturated heterocycles. The molecule has 3 aromatic heterocycles. The van der Waals surface area contributed by atoms with Gasteiger partial charge in [-0.15, -0.1) is 0 Å². The van der Waals surface area contributed by atoms with Gasteiger partial charge in [0.2, 0.25) is 0 Å². The third-order valence-corrected chi connectivity index (χ3v) is 11.0. The van der Waals surface area contributed by atoms with Crippen LogP contribution >= 0.6 is 0 Å². The number of nitrogens with zero attached hydrogens (tertiary/aromatic N) is 5. The Morgan fingerprint density at radius 3 is 1.45 bits per heavy atom. The summed E-state index contributed by atoms with van der Waals surface area (Å²) >= 11 is 0. The number of rotatable bonds is 4. The Labute approximate surface area is 316 Å². The number of benzene rings is 8. The lowest BCUT2D eigenvalue weighted by molar-refractivity contribution is 1.15. The average molecular weight is 700 g/mol. The monoisotopic (exact) mass is 699 g/mol. The van der Waals surface area contributed by atoms with Crippen molar-refractivity contribution in [3.8, 4) is 28.2 Å². The van der Waals surface area contributed by atoms with Crippen molar-refractivity contribution in [1.29, 1.82) is 0 Å². The van der Waals surface area contributed by atoms with Crippen LogP contribution in [0.4, 0.5) is 11.4 Å². The molecular weight excluding hydrogens is 671 g/mol. The molecule has 11 rings (SSSR count). The summed E-state index contributed by atoms with van der Waals surface area (Å²) in [5.74, 6) is 0. The van der Waals surface area contributed by atoms with E-state index in [0.29, 0.717) is 11.4 Å². The van der Waals surface area contributed by atoms with Gasteiger partial charge in [0.25, 0.3) is 0 Å². The first kappa shape index (κ1) is 30.7. The molecule has 0 atom stereocenters. The first-order valence-electron chi connectivity index (χ1n) is 18.3. The zero-order valence-corrected chi connectivity index (χ0v) is 29.5. The van der Waals surface area contributed by atoms with E-state index in [9.17, 15) is 0 Å². The number of aromatic nitrogens is 3. The predicted molar refractivity (Wildman–Crippen MR) is 227 cm³/mol. The van der Waals surface area contributed by atoms with Crippen LogP contribution in [0.2, 0.25) is 0 Å². The van der Waals surface area contributed by atoms with Crippen molar-refractivity contribution in [3.05, 3.63) is 199 Å². The molecule has 55 heavy (non-hydrogen) atoms. The SMILES string of the molecule is [C-]#[N+]c1cc(-c2ccc(-n3c4ccccc4c4ccc(-n5c6ccccc6c6ccccc65)cc43)cc2)cc(-n2c3ccccc3c3c([N+]#[C-])cccc32)c1. The Morgan fingerprint density at radius 2 is 0.836 bits per heavy atom. The lowest BCUT2D eigenvalue weighted by Gasteiger charge is -2.13. The maximum absolute atomic E-state index is 8.03. The fourth-order valence-electron chi connectivity index (χ4n) is 8.71. The fraction of sp³-hybridized carbons (Fsp3) is 0. The standard InChI is InChI=1S/C50H29N5/c1-51-34-28-33(29-37(30-34)55-47-20-10-6-15-42(47)50-43(52-2)16-11-21-48(50)55)32-22-24-35(25-23-32)53-44-17-7-5-14-40(44)41-27-26-36(31-49(41)53)54-45-18-8-3-12-38(45)39-13-4-9-19-46(39)54/h3-31H. The maximum atomic E-state index is 8.03. The van der Waals surface area contributed by atoms with Gasteiger partial charge in [-0.2, -0.15) is 0 Å². The highest BCUT2D eigenvalue weighted by molar-refractivity contribution is 6.15. The van der Waals surface area contributed by atoms with Gasteiger partial charge in [0.05, 0.1) is 40.7 Å². The van der Waals surface area contributed by atoms with Crippen LogP contribution in [0.25, 0.3) is 103 Å². The molecule has 0 aliphatic heterocycles. The molecule has 5 nitrogen and oxygen atoms in total.